The lowest BCUT2D eigenvalue weighted by molar-refractivity contribution is -0.138. The minimum atomic E-state index is -1.24. The van der Waals surface area contributed by atoms with Crippen molar-refractivity contribution in [3.8, 4) is 0 Å². The van der Waals surface area contributed by atoms with Gasteiger partial charge in [0.25, 0.3) is 0 Å². The molecule has 44 heavy (non-hydrogen) atoms. The number of rotatable bonds is 20. The maximum absolute atomic E-state index is 13.2. The van der Waals surface area contributed by atoms with Crippen LogP contribution in [-0.4, -0.2) is 84.4 Å². The predicted octanol–water partition coefficient (Wildman–Crippen LogP) is -0.841. The summed E-state index contributed by atoms with van der Waals surface area (Å²) in [5.74, 6) is -4.51. The summed E-state index contributed by atoms with van der Waals surface area (Å²) in [6.45, 7) is 6.58. The van der Waals surface area contributed by atoms with Gasteiger partial charge >= 0.3 is 5.97 Å². The van der Waals surface area contributed by atoms with Gasteiger partial charge in [-0.1, -0.05) is 58.0 Å². The maximum Gasteiger partial charge on any atom is 0.322 e. The molecule has 0 spiro atoms. The molecule has 0 aliphatic carbocycles. The van der Waals surface area contributed by atoms with E-state index in [4.69, 9.17) is 16.6 Å². The van der Waals surface area contributed by atoms with Crippen LogP contribution in [0.3, 0.4) is 0 Å². The SMILES string of the molecule is CC(C)CC(N)C(=O)NC(CCCCN)C(=O)NCC(=O)NC(C(=O)NC(Cc1ccccc1)C(=O)NCC(=O)O)C(C)C. The van der Waals surface area contributed by atoms with E-state index >= 15 is 0 Å². The van der Waals surface area contributed by atoms with E-state index in [2.05, 4.69) is 26.6 Å². The topological polar surface area (TPSA) is 235 Å². The molecule has 1 rings (SSSR count). The molecule has 5 amide bonds. The number of nitrogens with one attached hydrogen (secondary N) is 5. The van der Waals surface area contributed by atoms with Crippen LogP contribution in [0.2, 0.25) is 0 Å². The Morgan fingerprint density at radius 3 is 1.93 bits per heavy atom. The monoisotopic (exact) mass is 619 g/mol. The highest BCUT2D eigenvalue weighted by Crippen LogP contribution is 2.08. The smallest absolute Gasteiger partial charge is 0.322 e. The van der Waals surface area contributed by atoms with E-state index in [1.54, 1.807) is 44.2 Å². The molecule has 0 saturated heterocycles. The van der Waals surface area contributed by atoms with Gasteiger partial charge < -0.3 is 43.2 Å². The van der Waals surface area contributed by atoms with Crippen molar-refractivity contribution in [3.63, 3.8) is 0 Å². The molecule has 1 aromatic carbocycles. The Bertz CT molecular complexity index is 1100. The van der Waals surface area contributed by atoms with Crippen molar-refractivity contribution < 1.29 is 33.9 Å². The number of benzene rings is 1. The lowest BCUT2D eigenvalue weighted by atomic mass is 10.0. The van der Waals surface area contributed by atoms with Crippen LogP contribution in [0.5, 0.6) is 0 Å². The Balaban J connectivity index is 2.89. The van der Waals surface area contributed by atoms with Gasteiger partial charge in [-0.15, -0.1) is 0 Å². The van der Waals surface area contributed by atoms with E-state index < -0.39 is 78.7 Å². The van der Waals surface area contributed by atoms with E-state index in [1.807, 2.05) is 13.8 Å². The minimum Gasteiger partial charge on any atom is -0.480 e. The summed E-state index contributed by atoms with van der Waals surface area (Å²) in [4.78, 5) is 75.2. The first-order valence-corrected chi connectivity index (χ1v) is 14.9. The first-order valence-electron chi connectivity index (χ1n) is 14.9. The van der Waals surface area contributed by atoms with Crippen molar-refractivity contribution in [1.82, 2.24) is 26.6 Å². The predicted molar refractivity (Wildman–Crippen MR) is 165 cm³/mol. The lowest BCUT2D eigenvalue weighted by Gasteiger charge is -2.25. The van der Waals surface area contributed by atoms with Gasteiger partial charge in [0.15, 0.2) is 0 Å². The molecule has 0 heterocycles. The standard InChI is InChI=1S/C30H49N7O7/c1-18(2)14-21(32)27(41)35-22(12-8-9-13-31)28(42)33-16-24(38)37-26(19(3)4)30(44)36-23(29(43)34-17-25(39)40)15-20-10-6-5-7-11-20/h5-7,10-11,18-19,21-23,26H,8-9,12-17,31-32H2,1-4H3,(H,33,42)(H,34,43)(H,35,41)(H,36,44)(H,37,38)(H,39,40). The second-order valence-electron chi connectivity index (χ2n) is 11.5. The summed E-state index contributed by atoms with van der Waals surface area (Å²) in [5.41, 5.74) is 12.3. The first-order chi connectivity index (χ1) is 20.7. The summed E-state index contributed by atoms with van der Waals surface area (Å²) >= 11 is 0. The molecular weight excluding hydrogens is 570 g/mol. The number of carbonyl (C=O) groups is 6. The molecular formula is C30H49N7O7. The molecule has 10 N–H and O–H groups in total. The molecule has 0 radical (unpaired) electrons. The molecule has 0 aliphatic rings. The fraction of sp³-hybridized carbons (Fsp3) is 0.600. The molecule has 246 valence electrons. The van der Waals surface area contributed by atoms with Crippen molar-refractivity contribution >= 4 is 35.5 Å². The highest BCUT2D eigenvalue weighted by Gasteiger charge is 2.30. The lowest BCUT2D eigenvalue weighted by Crippen LogP contribution is -2.57. The number of carbonyl (C=O) groups excluding carboxylic acids is 5. The van der Waals surface area contributed by atoms with Crippen molar-refractivity contribution in [2.75, 3.05) is 19.6 Å². The summed E-state index contributed by atoms with van der Waals surface area (Å²) < 4.78 is 0. The van der Waals surface area contributed by atoms with Gasteiger partial charge in [0, 0.05) is 6.42 Å². The molecule has 0 fully saturated rings. The van der Waals surface area contributed by atoms with Gasteiger partial charge in [-0.2, -0.15) is 0 Å². The molecule has 14 nitrogen and oxygen atoms in total. The zero-order valence-electron chi connectivity index (χ0n) is 26.1. The van der Waals surface area contributed by atoms with Gasteiger partial charge in [-0.25, -0.2) is 0 Å². The Morgan fingerprint density at radius 1 is 0.773 bits per heavy atom. The fourth-order valence-electron chi connectivity index (χ4n) is 4.31. The van der Waals surface area contributed by atoms with Gasteiger partial charge in [0.05, 0.1) is 12.6 Å². The molecule has 0 bridgehead atoms. The Hall–Kier alpha value is -4.04. The van der Waals surface area contributed by atoms with Crippen LogP contribution in [0, 0.1) is 11.8 Å². The molecule has 4 atom stereocenters. The molecule has 4 unspecified atom stereocenters. The van der Waals surface area contributed by atoms with Crippen LogP contribution in [0.1, 0.15) is 58.9 Å². The Kier molecular flexibility index (Phi) is 17.3. The maximum atomic E-state index is 13.2. The highest BCUT2D eigenvalue weighted by molar-refractivity contribution is 5.95. The fourth-order valence-corrected chi connectivity index (χ4v) is 4.31. The molecule has 1 aromatic rings. The number of carboxylic acid groups (broad SMARTS) is 1. The number of amides is 5. The second-order valence-corrected chi connectivity index (χ2v) is 11.5. The third kappa shape index (κ3) is 14.9. The number of hydrogen-bond donors (Lipinski definition) is 8. The van der Waals surface area contributed by atoms with E-state index in [9.17, 15) is 28.8 Å². The van der Waals surface area contributed by atoms with Crippen molar-refractivity contribution in [2.24, 2.45) is 23.3 Å². The summed E-state index contributed by atoms with van der Waals surface area (Å²) in [7, 11) is 0. The normalized spacial score (nSPS) is 13.7. The van der Waals surface area contributed by atoms with Crippen LogP contribution >= 0.6 is 0 Å². The Morgan fingerprint density at radius 2 is 1.36 bits per heavy atom. The summed E-state index contributed by atoms with van der Waals surface area (Å²) in [6, 6.07) is 4.96. The summed E-state index contributed by atoms with van der Waals surface area (Å²) in [6.07, 6.45) is 2.04. The van der Waals surface area contributed by atoms with Crippen LogP contribution in [0.25, 0.3) is 0 Å². The van der Waals surface area contributed by atoms with Crippen LogP contribution in [-0.2, 0) is 35.2 Å². The van der Waals surface area contributed by atoms with Gasteiger partial charge in [-0.3, -0.25) is 28.8 Å². The van der Waals surface area contributed by atoms with Crippen molar-refractivity contribution in [3.05, 3.63) is 35.9 Å². The number of nitrogens with two attached hydrogens (primary N) is 2. The quantitative estimate of drug-likeness (QED) is 0.0848. The molecule has 0 aliphatic heterocycles. The van der Waals surface area contributed by atoms with E-state index in [1.165, 1.54) is 0 Å². The molecule has 0 aromatic heterocycles. The zero-order valence-corrected chi connectivity index (χ0v) is 26.1. The highest BCUT2D eigenvalue weighted by atomic mass is 16.4. The minimum absolute atomic E-state index is 0.0882. The average Bonchev–Trinajstić information content (AvgIpc) is 2.96. The van der Waals surface area contributed by atoms with Gasteiger partial charge in [-0.05, 0) is 49.6 Å². The van der Waals surface area contributed by atoms with Crippen molar-refractivity contribution in [2.45, 2.75) is 84.0 Å². The third-order valence-electron chi connectivity index (χ3n) is 6.66. The number of aliphatic carboxylic acids is 1. The van der Waals surface area contributed by atoms with Gasteiger partial charge in [0.2, 0.25) is 29.5 Å². The van der Waals surface area contributed by atoms with Gasteiger partial charge in [0.1, 0.15) is 24.7 Å². The van der Waals surface area contributed by atoms with Crippen LogP contribution < -0.4 is 38.1 Å². The van der Waals surface area contributed by atoms with E-state index in [0.29, 0.717) is 32.2 Å². The molecule has 0 saturated carbocycles. The average molecular weight is 620 g/mol. The zero-order chi connectivity index (χ0) is 33.2. The third-order valence-corrected chi connectivity index (χ3v) is 6.66. The Labute approximate surface area is 258 Å². The molecule has 14 heteroatoms. The van der Waals surface area contributed by atoms with Crippen LogP contribution in [0.15, 0.2) is 30.3 Å². The van der Waals surface area contributed by atoms with Crippen molar-refractivity contribution in [1.29, 1.82) is 0 Å². The van der Waals surface area contributed by atoms with E-state index in [0.717, 1.165) is 5.56 Å². The number of carboxylic acids is 1. The first kappa shape index (κ1) is 38.0. The van der Waals surface area contributed by atoms with Crippen LogP contribution in [0.4, 0.5) is 0 Å². The van der Waals surface area contributed by atoms with E-state index in [-0.39, 0.29) is 12.3 Å². The second kappa shape index (κ2) is 20.0. The number of unbranched alkanes of at least 4 members (excludes halogenated alkanes) is 1. The number of hydrogen-bond acceptors (Lipinski definition) is 8. The summed E-state index contributed by atoms with van der Waals surface area (Å²) in [5, 5.41) is 21.6. The largest absolute Gasteiger partial charge is 0.480 e.